The first-order valence-electron chi connectivity index (χ1n) is 20.0. The Balaban J connectivity index is 1.15. The molecule has 0 atom stereocenters. The lowest BCUT2D eigenvalue weighted by Gasteiger charge is -2.10. The maximum atomic E-state index is 8.88. The molecule has 0 aliphatic rings. The van der Waals surface area contributed by atoms with Gasteiger partial charge in [-0.05, 0) is 59.6 Å². The molecule has 0 saturated carbocycles. The zero-order valence-corrected chi connectivity index (χ0v) is 26.2. The Morgan fingerprint density at radius 2 is 1.00 bits per heavy atom. The zero-order chi connectivity index (χ0) is 40.0. The van der Waals surface area contributed by atoms with Crippen molar-refractivity contribution in [3.8, 4) is 51.0 Å². The maximum absolute atomic E-state index is 8.88. The third-order valence-electron chi connectivity index (χ3n) is 8.90. The number of benzene rings is 7. The molecule has 0 N–H and O–H groups in total. The van der Waals surface area contributed by atoms with Gasteiger partial charge >= 0.3 is 0 Å². The average molecular weight is 649 g/mol. The van der Waals surface area contributed by atoms with Gasteiger partial charge in [-0.25, -0.2) is 15.0 Å². The van der Waals surface area contributed by atoms with Crippen LogP contribution in [-0.2, 0) is 0 Å². The summed E-state index contributed by atoms with van der Waals surface area (Å²) in [7, 11) is 0. The van der Waals surface area contributed by atoms with E-state index in [-0.39, 0.29) is 46.0 Å². The fraction of sp³-hybridized carbons (Fsp3) is 0. The lowest BCUT2D eigenvalue weighted by Crippen LogP contribution is -2.00. The molecule has 234 valence electrons. The SMILES string of the molecule is [2H]c1c([2H])c([2H])c2c(c1[2H])c1c([2H])c([2H])c([2H])c([2H])c1n2-c1ccc2c(c1)oc1ccc(-c3nc(-c4ccccc4)nc(-c4cccc(-c5ccccc5)c4)n3)cc12. The van der Waals surface area contributed by atoms with E-state index in [9.17, 15) is 0 Å². The van der Waals surface area contributed by atoms with E-state index in [0.717, 1.165) is 38.6 Å². The maximum Gasteiger partial charge on any atom is 0.164 e. The summed E-state index contributed by atoms with van der Waals surface area (Å²) >= 11 is 0. The molecule has 3 heterocycles. The van der Waals surface area contributed by atoms with Crippen molar-refractivity contribution < 1.29 is 15.4 Å². The monoisotopic (exact) mass is 648 g/mol. The second kappa shape index (κ2) is 11.4. The van der Waals surface area contributed by atoms with Gasteiger partial charge in [-0.15, -0.1) is 0 Å². The summed E-state index contributed by atoms with van der Waals surface area (Å²) in [5.41, 5.74) is 6.04. The summed E-state index contributed by atoms with van der Waals surface area (Å²) in [6.45, 7) is 0. The Kier molecular flexibility index (Phi) is 4.83. The molecule has 3 aromatic heterocycles. The zero-order valence-electron chi connectivity index (χ0n) is 34.2. The van der Waals surface area contributed by atoms with E-state index in [2.05, 4.69) is 24.3 Å². The number of nitrogens with zero attached hydrogens (tertiary/aromatic N) is 4. The van der Waals surface area contributed by atoms with E-state index in [1.165, 1.54) is 4.57 Å². The third kappa shape index (κ3) is 4.67. The van der Waals surface area contributed by atoms with Crippen LogP contribution in [0.15, 0.2) is 174 Å². The van der Waals surface area contributed by atoms with Crippen molar-refractivity contribution in [1.29, 1.82) is 0 Å². The van der Waals surface area contributed by atoms with Crippen LogP contribution >= 0.6 is 0 Å². The lowest BCUT2D eigenvalue weighted by atomic mass is 10.0. The Labute approximate surface area is 299 Å². The van der Waals surface area contributed by atoms with Crippen molar-refractivity contribution in [3.63, 3.8) is 0 Å². The van der Waals surface area contributed by atoms with E-state index >= 15 is 0 Å². The van der Waals surface area contributed by atoms with E-state index in [0.29, 0.717) is 34.3 Å². The minimum atomic E-state index is -0.491. The van der Waals surface area contributed by atoms with Crippen molar-refractivity contribution in [2.45, 2.75) is 0 Å². The molecule has 5 heteroatoms. The molecule has 0 unspecified atom stereocenters. The minimum Gasteiger partial charge on any atom is -0.456 e. The molecule has 0 bridgehead atoms. The van der Waals surface area contributed by atoms with Gasteiger partial charge < -0.3 is 8.98 Å². The van der Waals surface area contributed by atoms with Gasteiger partial charge in [0.1, 0.15) is 11.2 Å². The highest BCUT2D eigenvalue weighted by atomic mass is 16.3. The van der Waals surface area contributed by atoms with Crippen LogP contribution in [0.4, 0.5) is 0 Å². The lowest BCUT2D eigenvalue weighted by molar-refractivity contribution is 0.668. The van der Waals surface area contributed by atoms with Crippen LogP contribution in [0.1, 0.15) is 11.0 Å². The molecule has 0 saturated heterocycles. The standard InChI is InChI=1S/C45H28N4O/c1-3-12-29(13-4-1)31-16-11-17-32(26-31)44-46-43(30-14-5-2-6-15-30)47-45(48-44)33-22-25-41-38(27-33)37-24-23-34(28-42(37)50-41)49-39-20-9-7-18-35(39)36-19-8-10-21-40(36)49/h1-28H/i7D,8D,9D,10D,18D,19D,20D,21D. The van der Waals surface area contributed by atoms with Gasteiger partial charge in [-0.2, -0.15) is 0 Å². The molecular formula is C45H28N4O. The molecule has 7 aromatic carbocycles. The van der Waals surface area contributed by atoms with E-state index in [1.54, 1.807) is 12.1 Å². The number of fused-ring (bicyclic) bond motifs is 6. The summed E-state index contributed by atoms with van der Waals surface area (Å²) in [5.74, 6) is 1.51. The third-order valence-corrected chi connectivity index (χ3v) is 8.90. The van der Waals surface area contributed by atoms with Crippen molar-refractivity contribution in [2.75, 3.05) is 0 Å². The van der Waals surface area contributed by atoms with Gasteiger partial charge in [-0.3, -0.25) is 0 Å². The minimum absolute atomic E-state index is 0.0146. The molecule has 50 heavy (non-hydrogen) atoms. The Hall–Kier alpha value is -6.85. The molecule has 10 aromatic rings. The Bertz CT molecular complexity index is 3250. The van der Waals surface area contributed by atoms with Crippen molar-refractivity contribution in [3.05, 3.63) is 170 Å². The molecule has 0 radical (unpaired) electrons. The average Bonchev–Trinajstić information content (AvgIpc) is 3.83. The van der Waals surface area contributed by atoms with Crippen LogP contribution in [0.25, 0.3) is 94.7 Å². The van der Waals surface area contributed by atoms with Crippen molar-refractivity contribution in [2.24, 2.45) is 0 Å². The largest absolute Gasteiger partial charge is 0.456 e. The quantitative estimate of drug-likeness (QED) is 0.186. The number of hydrogen-bond donors (Lipinski definition) is 0. The predicted molar refractivity (Wildman–Crippen MR) is 203 cm³/mol. The van der Waals surface area contributed by atoms with Gasteiger partial charge in [0.15, 0.2) is 17.5 Å². The van der Waals surface area contributed by atoms with Crippen LogP contribution in [0.2, 0.25) is 0 Å². The number of furan rings is 1. The van der Waals surface area contributed by atoms with Gasteiger partial charge in [0.2, 0.25) is 0 Å². The summed E-state index contributed by atoms with van der Waals surface area (Å²) in [6, 6.07) is 35.5. The fourth-order valence-corrected chi connectivity index (χ4v) is 6.54. The molecule has 10 rings (SSSR count). The van der Waals surface area contributed by atoms with Crippen LogP contribution < -0.4 is 0 Å². The second-order valence-electron chi connectivity index (χ2n) is 11.9. The molecule has 0 amide bonds. The summed E-state index contributed by atoms with van der Waals surface area (Å²) in [4.78, 5) is 14.8. The van der Waals surface area contributed by atoms with E-state index < -0.39 is 24.2 Å². The molecule has 5 nitrogen and oxygen atoms in total. The number of rotatable bonds is 5. The molecule has 0 fully saturated rings. The van der Waals surface area contributed by atoms with Crippen LogP contribution in [0.5, 0.6) is 0 Å². The van der Waals surface area contributed by atoms with Gasteiger partial charge in [0.25, 0.3) is 0 Å². The number of para-hydroxylation sites is 2. The Morgan fingerprint density at radius 3 is 1.70 bits per heavy atom. The number of aromatic nitrogens is 4. The smallest absolute Gasteiger partial charge is 0.164 e. The topological polar surface area (TPSA) is 56.7 Å². The first-order chi connectivity index (χ1) is 28.1. The van der Waals surface area contributed by atoms with E-state index in [4.69, 9.17) is 30.3 Å². The summed E-state index contributed by atoms with van der Waals surface area (Å²) < 4.78 is 76.7. The van der Waals surface area contributed by atoms with Gasteiger partial charge in [-0.1, -0.05) is 115 Å². The molecule has 0 spiro atoms. The first-order valence-corrected chi connectivity index (χ1v) is 16.0. The van der Waals surface area contributed by atoms with Gasteiger partial charge in [0.05, 0.1) is 22.0 Å². The molecule has 0 aliphatic heterocycles. The number of hydrogen-bond acceptors (Lipinski definition) is 4. The summed E-state index contributed by atoms with van der Waals surface area (Å²) in [5, 5.41) is 1.55. The predicted octanol–water partition coefficient (Wildman–Crippen LogP) is 11.5. The summed E-state index contributed by atoms with van der Waals surface area (Å²) in [6.07, 6.45) is 0. The fourth-order valence-electron chi connectivity index (χ4n) is 6.54. The highest BCUT2D eigenvalue weighted by molar-refractivity contribution is 6.10. The molecular weight excluding hydrogens is 613 g/mol. The Morgan fingerprint density at radius 1 is 0.420 bits per heavy atom. The second-order valence-corrected chi connectivity index (χ2v) is 11.9. The van der Waals surface area contributed by atoms with Crippen molar-refractivity contribution >= 4 is 43.7 Å². The van der Waals surface area contributed by atoms with Gasteiger partial charge in [0, 0.05) is 50.0 Å². The van der Waals surface area contributed by atoms with Crippen LogP contribution in [0.3, 0.4) is 0 Å². The highest BCUT2D eigenvalue weighted by Crippen LogP contribution is 2.37. The van der Waals surface area contributed by atoms with E-state index in [1.807, 2.05) is 84.9 Å². The van der Waals surface area contributed by atoms with Crippen molar-refractivity contribution in [1.82, 2.24) is 19.5 Å². The van der Waals surface area contributed by atoms with Crippen LogP contribution in [0, 0.1) is 0 Å². The van der Waals surface area contributed by atoms with Crippen LogP contribution in [-0.4, -0.2) is 19.5 Å². The first kappa shape index (κ1) is 21.2. The molecule has 0 aliphatic carbocycles. The highest BCUT2D eigenvalue weighted by Gasteiger charge is 2.17. The normalized spacial score (nSPS) is 13.8.